The van der Waals surface area contributed by atoms with Crippen LogP contribution in [0.5, 0.6) is 0 Å². The van der Waals surface area contributed by atoms with Crippen LogP contribution in [0.25, 0.3) is 0 Å². The van der Waals surface area contributed by atoms with Crippen LogP contribution in [0.1, 0.15) is 17.5 Å². The summed E-state index contributed by atoms with van der Waals surface area (Å²) >= 11 is 0. The Balaban J connectivity index is 1.75. The van der Waals surface area contributed by atoms with E-state index in [2.05, 4.69) is 16.0 Å². The summed E-state index contributed by atoms with van der Waals surface area (Å²) in [7, 11) is 0. The number of pyridine rings is 1. The molecule has 2 amide bonds. The number of rotatable bonds is 3. The number of nitriles is 1. The largest absolute Gasteiger partial charge is 0.331 e. The second-order valence-corrected chi connectivity index (χ2v) is 6.24. The minimum absolute atomic E-state index is 0.0294. The standard InChI is InChI=1S/C20H15N5O2/c21-11-14-4-1-2-6-18(14)25-19-15(5-3-8-23-19)12-24(20(25)27)13-16-10-17(26)7-9-22-16/h1-9H,10,12-13H2. The molecule has 3 heterocycles. The molecule has 132 valence electrons. The van der Waals surface area contributed by atoms with Crippen LogP contribution in [-0.4, -0.2) is 34.0 Å². The first-order chi connectivity index (χ1) is 13.2. The van der Waals surface area contributed by atoms with Crippen molar-refractivity contribution in [1.82, 2.24) is 9.88 Å². The maximum absolute atomic E-state index is 13.3. The maximum Gasteiger partial charge on any atom is 0.331 e. The molecule has 0 saturated carbocycles. The molecule has 0 aliphatic carbocycles. The maximum atomic E-state index is 13.3. The normalized spacial score (nSPS) is 16.0. The van der Waals surface area contributed by atoms with Gasteiger partial charge in [-0.05, 0) is 24.3 Å². The van der Waals surface area contributed by atoms with Gasteiger partial charge >= 0.3 is 6.03 Å². The summed E-state index contributed by atoms with van der Waals surface area (Å²) in [6.45, 7) is 0.610. The van der Waals surface area contributed by atoms with Crippen LogP contribution in [0.3, 0.4) is 0 Å². The summed E-state index contributed by atoms with van der Waals surface area (Å²) in [5, 5.41) is 9.45. The molecule has 0 spiro atoms. The smallest absolute Gasteiger partial charge is 0.314 e. The van der Waals surface area contributed by atoms with Gasteiger partial charge in [-0.3, -0.25) is 9.79 Å². The van der Waals surface area contributed by atoms with Crippen molar-refractivity contribution in [2.75, 3.05) is 11.4 Å². The Kier molecular flexibility index (Phi) is 4.22. The van der Waals surface area contributed by atoms with Gasteiger partial charge in [0, 0.05) is 23.7 Å². The third kappa shape index (κ3) is 3.09. The lowest BCUT2D eigenvalue weighted by Crippen LogP contribution is -2.47. The van der Waals surface area contributed by atoms with Crippen molar-refractivity contribution in [3.63, 3.8) is 0 Å². The van der Waals surface area contributed by atoms with Gasteiger partial charge < -0.3 is 4.90 Å². The summed E-state index contributed by atoms with van der Waals surface area (Å²) < 4.78 is 0. The molecule has 2 aliphatic heterocycles. The fourth-order valence-electron chi connectivity index (χ4n) is 3.21. The van der Waals surface area contributed by atoms with Crippen molar-refractivity contribution < 1.29 is 9.59 Å². The number of aromatic nitrogens is 1. The molecule has 0 bridgehead atoms. The van der Waals surface area contributed by atoms with Crippen LogP contribution in [0.4, 0.5) is 16.3 Å². The number of para-hydroxylation sites is 1. The SMILES string of the molecule is N#Cc1ccccc1N1C(=O)N(CC2=NC=CC(=O)C2)Cc2cccnc21. The van der Waals surface area contributed by atoms with Gasteiger partial charge in [0.15, 0.2) is 5.78 Å². The highest BCUT2D eigenvalue weighted by molar-refractivity contribution is 6.11. The Bertz CT molecular complexity index is 1030. The zero-order chi connectivity index (χ0) is 18.8. The van der Waals surface area contributed by atoms with E-state index in [4.69, 9.17) is 0 Å². The molecule has 7 heteroatoms. The number of ketones is 1. The number of anilines is 2. The van der Waals surface area contributed by atoms with Gasteiger partial charge in [0.1, 0.15) is 11.9 Å². The molecule has 0 atom stereocenters. The minimum Gasteiger partial charge on any atom is -0.314 e. The van der Waals surface area contributed by atoms with E-state index in [1.165, 1.54) is 17.2 Å². The monoisotopic (exact) mass is 357 g/mol. The topological polar surface area (TPSA) is 89.7 Å². The lowest BCUT2D eigenvalue weighted by atomic mass is 10.1. The van der Waals surface area contributed by atoms with Crippen LogP contribution in [0, 0.1) is 11.3 Å². The Morgan fingerprint density at radius 1 is 1.15 bits per heavy atom. The van der Waals surface area contributed by atoms with Gasteiger partial charge in [-0.1, -0.05) is 18.2 Å². The van der Waals surface area contributed by atoms with Crippen molar-refractivity contribution in [2.24, 2.45) is 4.99 Å². The van der Waals surface area contributed by atoms with Crippen molar-refractivity contribution in [3.8, 4) is 6.07 Å². The van der Waals surface area contributed by atoms with E-state index in [0.29, 0.717) is 29.3 Å². The number of benzene rings is 1. The Morgan fingerprint density at radius 2 is 2.00 bits per heavy atom. The first-order valence-electron chi connectivity index (χ1n) is 8.44. The minimum atomic E-state index is -0.298. The molecular weight excluding hydrogens is 342 g/mol. The number of urea groups is 1. The molecule has 0 N–H and O–H groups in total. The fraction of sp³-hybridized carbons (Fsp3) is 0.150. The third-order valence-electron chi connectivity index (χ3n) is 4.44. The van der Waals surface area contributed by atoms with Crippen molar-refractivity contribution in [3.05, 3.63) is 66.0 Å². The molecule has 1 aromatic carbocycles. The number of fused-ring (bicyclic) bond motifs is 1. The molecule has 4 rings (SSSR count). The zero-order valence-electron chi connectivity index (χ0n) is 14.4. The van der Waals surface area contributed by atoms with Crippen LogP contribution < -0.4 is 4.90 Å². The predicted molar refractivity (Wildman–Crippen MR) is 99.5 cm³/mol. The molecule has 0 radical (unpaired) electrons. The number of hydrogen-bond donors (Lipinski definition) is 0. The number of amides is 2. The molecule has 2 aliphatic rings. The van der Waals surface area contributed by atoms with Crippen molar-refractivity contribution in [1.29, 1.82) is 5.26 Å². The fourth-order valence-corrected chi connectivity index (χ4v) is 3.21. The van der Waals surface area contributed by atoms with Crippen LogP contribution >= 0.6 is 0 Å². The van der Waals surface area contributed by atoms with E-state index in [-0.39, 0.29) is 24.8 Å². The molecular formula is C20H15N5O2. The average molecular weight is 357 g/mol. The summed E-state index contributed by atoms with van der Waals surface area (Å²) in [5.41, 5.74) is 2.37. The van der Waals surface area contributed by atoms with Crippen molar-refractivity contribution in [2.45, 2.75) is 13.0 Å². The molecule has 0 saturated heterocycles. The highest BCUT2D eigenvalue weighted by Crippen LogP contribution is 2.34. The predicted octanol–water partition coefficient (Wildman–Crippen LogP) is 2.95. The lowest BCUT2D eigenvalue weighted by Gasteiger charge is -2.36. The number of allylic oxidation sites excluding steroid dienone is 1. The van der Waals surface area contributed by atoms with E-state index in [9.17, 15) is 14.9 Å². The highest BCUT2D eigenvalue weighted by Gasteiger charge is 2.34. The second kappa shape index (κ2) is 6.84. The molecule has 7 nitrogen and oxygen atoms in total. The average Bonchev–Trinajstić information content (AvgIpc) is 2.69. The molecule has 2 aromatic rings. The Hall–Kier alpha value is -3.79. The number of hydrogen-bond acceptors (Lipinski definition) is 5. The summed E-state index contributed by atoms with van der Waals surface area (Å²) in [6, 6.07) is 12.5. The lowest BCUT2D eigenvalue weighted by molar-refractivity contribution is -0.113. The third-order valence-corrected chi connectivity index (χ3v) is 4.44. The van der Waals surface area contributed by atoms with Gasteiger partial charge in [0.25, 0.3) is 0 Å². The van der Waals surface area contributed by atoms with E-state index in [1.54, 1.807) is 35.4 Å². The number of carbonyl (C=O) groups excluding carboxylic acids is 2. The quantitative estimate of drug-likeness (QED) is 0.844. The zero-order valence-corrected chi connectivity index (χ0v) is 14.4. The van der Waals surface area contributed by atoms with Crippen LogP contribution in [0.2, 0.25) is 0 Å². The van der Waals surface area contributed by atoms with E-state index < -0.39 is 0 Å². The first-order valence-corrected chi connectivity index (χ1v) is 8.44. The molecule has 0 fully saturated rings. The molecule has 27 heavy (non-hydrogen) atoms. The van der Waals surface area contributed by atoms with Gasteiger partial charge in [-0.15, -0.1) is 0 Å². The molecule has 1 aromatic heterocycles. The van der Waals surface area contributed by atoms with Crippen LogP contribution in [0.15, 0.2) is 59.9 Å². The van der Waals surface area contributed by atoms with Gasteiger partial charge in [-0.25, -0.2) is 14.7 Å². The van der Waals surface area contributed by atoms with E-state index in [0.717, 1.165) is 5.56 Å². The Morgan fingerprint density at radius 3 is 2.81 bits per heavy atom. The highest BCUT2D eigenvalue weighted by atomic mass is 16.2. The number of aliphatic imine (C=N–C) groups is 1. The first kappa shape index (κ1) is 16.7. The van der Waals surface area contributed by atoms with Gasteiger partial charge in [0.2, 0.25) is 0 Å². The summed E-state index contributed by atoms with van der Waals surface area (Å²) in [6.07, 6.45) is 4.72. The van der Waals surface area contributed by atoms with E-state index >= 15 is 0 Å². The molecule has 0 unspecified atom stereocenters. The summed E-state index contributed by atoms with van der Waals surface area (Å²) in [5.74, 6) is 0.487. The van der Waals surface area contributed by atoms with E-state index in [1.807, 2.05) is 12.1 Å². The second-order valence-electron chi connectivity index (χ2n) is 6.24. The van der Waals surface area contributed by atoms with Crippen molar-refractivity contribution >= 4 is 29.0 Å². The summed E-state index contributed by atoms with van der Waals surface area (Å²) in [4.78, 5) is 36.6. The Labute approximate surface area is 155 Å². The van der Waals surface area contributed by atoms with Gasteiger partial charge in [-0.2, -0.15) is 5.26 Å². The number of carbonyl (C=O) groups is 2. The number of nitrogens with zero attached hydrogens (tertiary/aromatic N) is 5. The van der Waals surface area contributed by atoms with Crippen LogP contribution in [-0.2, 0) is 11.3 Å². The van der Waals surface area contributed by atoms with Gasteiger partial charge in [0.05, 0.1) is 30.8 Å².